The summed E-state index contributed by atoms with van der Waals surface area (Å²) in [5, 5.41) is 2.93. The first-order chi connectivity index (χ1) is 11.6. The fraction of sp³-hybridized carbons (Fsp3) is 0.950. The molecule has 0 fully saturated rings. The minimum Gasteiger partial charge on any atom is -0.379 e. The van der Waals surface area contributed by atoms with Crippen LogP contribution < -0.4 is 5.32 Å². The minimum atomic E-state index is 0.0771. The zero-order chi connectivity index (χ0) is 18.0. The Morgan fingerprint density at radius 3 is 1.96 bits per heavy atom. The summed E-state index contributed by atoms with van der Waals surface area (Å²) in [6, 6.07) is 0. The fourth-order valence-corrected chi connectivity index (χ4v) is 2.32. The molecule has 4 nitrogen and oxygen atoms in total. The Morgan fingerprint density at radius 1 is 0.833 bits per heavy atom. The van der Waals surface area contributed by atoms with Gasteiger partial charge < -0.3 is 14.8 Å². The summed E-state index contributed by atoms with van der Waals surface area (Å²) in [5.41, 5.74) is 0. The predicted octanol–water partition coefficient (Wildman–Crippen LogP) is 4.57. The van der Waals surface area contributed by atoms with Crippen LogP contribution in [0.2, 0.25) is 0 Å². The zero-order valence-electron chi connectivity index (χ0n) is 16.6. The van der Waals surface area contributed by atoms with Gasteiger partial charge in [-0.25, -0.2) is 0 Å². The molecule has 0 spiro atoms. The molecule has 0 aliphatic carbocycles. The third kappa shape index (κ3) is 16.3. The molecule has 0 radical (unpaired) electrons. The Labute approximate surface area is 150 Å². The van der Waals surface area contributed by atoms with Gasteiger partial charge in [0.25, 0.3) is 0 Å². The van der Waals surface area contributed by atoms with Crippen LogP contribution in [0, 0.1) is 11.8 Å². The topological polar surface area (TPSA) is 47.6 Å². The van der Waals surface area contributed by atoms with Gasteiger partial charge in [0.05, 0.1) is 13.2 Å². The highest BCUT2D eigenvalue weighted by atomic mass is 16.5. The Hall–Kier alpha value is -0.610. The number of unbranched alkanes of at least 4 members (excludes halogenated alkanes) is 4. The second-order valence-electron chi connectivity index (χ2n) is 7.09. The lowest BCUT2D eigenvalue weighted by molar-refractivity contribution is -0.123. The van der Waals surface area contributed by atoms with E-state index in [4.69, 9.17) is 9.47 Å². The van der Waals surface area contributed by atoms with Crippen LogP contribution >= 0.6 is 0 Å². The SMILES string of the molecule is CCC(C)CCCCCOCCOCCCCCNC(=O)C(C)C. The second kappa shape index (κ2) is 17.2. The molecule has 1 amide bonds. The molecule has 0 bridgehead atoms. The van der Waals surface area contributed by atoms with Gasteiger partial charge in [0.15, 0.2) is 0 Å². The molecule has 0 aliphatic heterocycles. The van der Waals surface area contributed by atoms with Crippen molar-refractivity contribution in [1.29, 1.82) is 0 Å². The number of hydrogen-bond donors (Lipinski definition) is 1. The fourth-order valence-electron chi connectivity index (χ4n) is 2.32. The van der Waals surface area contributed by atoms with Crippen molar-refractivity contribution < 1.29 is 14.3 Å². The number of nitrogens with one attached hydrogen (secondary N) is 1. The van der Waals surface area contributed by atoms with E-state index in [9.17, 15) is 4.79 Å². The Kier molecular flexibility index (Phi) is 16.8. The van der Waals surface area contributed by atoms with Gasteiger partial charge in [0.1, 0.15) is 0 Å². The number of ether oxygens (including phenoxy) is 2. The monoisotopic (exact) mass is 343 g/mol. The van der Waals surface area contributed by atoms with Gasteiger partial charge in [-0.05, 0) is 31.6 Å². The molecule has 0 aliphatic rings. The van der Waals surface area contributed by atoms with Crippen LogP contribution in [0.1, 0.15) is 79.1 Å². The minimum absolute atomic E-state index is 0.0771. The molecule has 1 atom stereocenters. The maximum Gasteiger partial charge on any atom is 0.222 e. The highest BCUT2D eigenvalue weighted by Crippen LogP contribution is 2.12. The Balaban J connectivity index is 3.09. The number of carbonyl (C=O) groups is 1. The summed E-state index contributed by atoms with van der Waals surface area (Å²) in [6.45, 7) is 12.2. The number of carbonyl (C=O) groups excluding carboxylic acids is 1. The summed E-state index contributed by atoms with van der Waals surface area (Å²) >= 11 is 0. The third-order valence-electron chi connectivity index (χ3n) is 4.34. The largest absolute Gasteiger partial charge is 0.379 e. The molecule has 0 aromatic carbocycles. The number of amides is 1. The molecule has 1 unspecified atom stereocenters. The average molecular weight is 344 g/mol. The second-order valence-corrected chi connectivity index (χ2v) is 7.09. The van der Waals surface area contributed by atoms with Crippen molar-refractivity contribution in [3.05, 3.63) is 0 Å². The quantitative estimate of drug-likeness (QED) is 0.394. The van der Waals surface area contributed by atoms with E-state index in [1.165, 1.54) is 32.1 Å². The molecule has 0 aromatic rings. The van der Waals surface area contributed by atoms with Crippen molar-refractivity contribution in [2.45, 2.75) is 79.1 Å². The number of hydrogen-bond acceptors (Lipinski definition) is 3. The highest BCUT2D eigenvalue weighted by molar-refractivity contribution is 5.77. The van der Waals surface area contributed by atoms with Crippen LogP contribution in [0.25, 0.3) is 0 Å². The first kappa shape index (κ1) is 23.4. The van der Waals surface area contributed by atoms with Crippen molar-refractivity contribution in [2.75, 3.05) is 33.0 Å². The van der Waals surface area contributed by atoms with E-state index in [0.29, 0.717) is 13.2 Å². The van der Waals surface area contributed by atoms with Gasteiger partial charge in [0, 0.05) is 25.7 Å². The van der Waals surface area contributed by atoms with Crippen molar-refractivity contribution in [1.82, 2.24) is 5.32 Å². The van der Waals surface area contributed by atoms with Crippen molar-refractivity contribution in [3.8, 4) is 0 Å². The first-order valence-corrected chi connectivity index (χ1v) is 10.0. The van der Waals surface area contributed by atoms with Gasteiger partial charge in [0.2, 0.25) is 5.91 Å². The van der Waals surface area contributed by atoms with Crippen LogP contribution in [-0.2, 0) is 14.3 Å². The van der Waals surface area contributed by atoms with E-state index < -0.39 is 0 Å². The van der Waals surface area contributed by atoms with Gasteiger partial charge >= 0.3 is 0 Å². The summed E-state index contributed by atoms with van der Waals surface area (Å²) in [6.07, 6.45) is 9.57. The van der Waals surface area contributed by atoms with E-state index in [-0.39, 0.29) is 11.8 Å². The standard InChI is InChI=1S/C20H41NO3/c1-5-19(4)12-8-6-10-14-23-16-17-24-15-11-7-9-13-21-20(22)18(2)3/h18-19H,5-17H2,1-4H3,(H,21,22). The summed E-state index contributed by atoms with van der Waals surface area (Å²) < 4.78 is 11.1. The maximum absolute atomic E-state index is 11.4. The van der Waals surface area contributed by atoms with Gasteiger partial charge in [-0.3, -0.25) is 4.79 Å². The third-order valence-corrected chi connectivity index (χ3v) is 4.34. The van der Waals surface area contributed by atoms with E-state index >= 15 is 0 Å². The lowest BCUT2D eigenvalue weighted by Crippen LogP contribution is -2.28. The van der Waals surface area contributed by atoms with Crippen molar-refractivity contribution >= 4 is 5.91 Å². The number of rotatable bonds is 17. The van der Waals surface area contributed by atoms with Crippen LogP contribution in [0.4, 0.5) is 0 Å². The lowest BCUT2D eigenvalue weighted by atomic mass is 10.0. The van der Waals surface area contributed by atoms with Gasteiger partial charge in [-0.15, -0.1) is 0 Å². The van der Waals surface area contributed by atoms with E-state index in [1.807, 2.05) is 13.8 Å². The molecule has 0 aromatic heterocycles. The molecule has 0 saturated carbocycles. The van der Waals surface area contributed by atoms with E-state index in [2.05, 4.69) is 19.2 Å². The molecule has 144 valence electrons. The first-order valence-electron chi connectivity index (χ1n) is 10.0. The van der Waals surface area contributed by atoms with Crippen LogP contribution in [-0.4, -0.2) is 38.9 Å². The van der Waals surface area contributed by atoms with Crippen LogP contribution in [0.3, 0.4) is 0 Å². The molecule has 0 rings (SSSR count). The predicted molar refractivity (Wildman–Crippen MR) is 101 cm³/mol. The molecule has 24 heavy (non-hydrogen) atoms. The average Bonchev–Trinajstić information content (AvgIpc) is 2.57. The zero-order valence-corrected chi connectivity index (χ0v) is 16.6. The summed E-state index contributed by atoms with van der Waals surface area (Å²) in [7, 11) is 0. The molecule has 1 N–H and O–H groups in total. The van der Waals surface area contributed by atoms with E-state index in [0.717, 1.165) is 44.9 Å². The summed E-state index contributed by atoms with van der Waals surface area (Å²) in [4.78, 5) is 11.4. The van der Waals surface area contributed by atoms with Crippen LogP contribution in [0.5, 0.6) is 0 Å². The van der Waals surface area contributed by atoms with E-state index in [1.54, 1.807) is 0 Å². The Morgan fingerprint density at radius 2 is 1.42 bits per heavy atom. The van der Waals surface area contributed by atoms with Crippen molar-refractivity contribution in [2.24, 2.45) is 11.8 Å². The maximum atomic E-state index is 11.4. The van der Waals surface area contributed by atoms with Gasteiger partial charge in [-0.2, -0.15) is 0 Å². The molecular weight excluding hydrogens is 302 g/mol. The smallest absolute Gasteiger partial charge is 0.222 e. The summed E-state index contributed by atoms with van der Waals surface area (Å²) in [5.74, 6) is 1.09. The highest BCUT2D eigenvalue weighted by Gasteiger charge is 2.04. The normalized spacial score (nSPS) is 12.5. The molecule has 4 heteroatoms. The molecule has 0 saturated heterocycles. The van der Waals surface area contributed by atoms with Crippen molar-refractivity contribution in [3.63, 3.8) is 0 Å². The lowest BCUT2D eigenvalue weighted by Gasteiger charge is -2.09. The molecule has 0 heterocycles. The Bertz CT molecular complexity index is 282. The van der Waals surface area contributed by atoms with Crippen LogP contribution in [0.15, 0.2) is 0 Å². The molecular formula is C20H41NO3. The van der Waals surface area contributed by atoms with Gasteiger partial charge in [-0.1, -0.05) is 53.4 Å².